The number of carbonyl (C=O) groups excluding carboxylic acids is 1. The maximum atomic E-state index is 12.8. The third kappa shape index (κ3) is 3.26. The summed E-state index contributed by atoms with van der Waals surface area (Å²) in [6.07, 6.45) is 3.06. The molecule has 0 unspecified atom stereocenters. The molecule has 1 amide bonds. The molecule has 0 aromatic heterocycles. The molecular weight excluding hydrogens is 292 g/mol. The zero-order chi connectivity index (χ0) is 16.4. The Labute approximate surface area is 137 Å². The van der Waals surface area contributed by atoms with E-state index in [-0.39, 0.29) is 18.1 Å². The number of methoxy groups -OCH3 is 2. The molecule has 5 nitrogen and oxygen atoms in total. The highest BCUT2D eigenvalue weighted by Gasteiger charge is 2.37. The highest BCUT2D eigenvalue weighted by Crippen LogP contribution is 2.27. The predicted molar refractivity (Wildman–Crippen MR) is 89.4 cm³/mol. The van der Waals surface area contributed by atoms with E-state index in [2.05, 4.69) is 17.0 Å². The number of rotatable bonds is 4. The summed E-state index contributed by atoms with van der Waals surface area (Å²) in [4.78, 5) is 16.8. The molecule has 0 saturated carbocycles. The van der Waals surface area contributed by atoms with Crippen LogP contribution in [0.3, 0.4) is 0 Å². The molecule has 1 aromatic carbocycles. The fourth-order valence-corrected chi connectivity index (χ4v) is 3.38. The number of hydrogen-bond donors (Lipinski definition) is 0. The van der Waals surface area contributed by atoms with Crippen LogP contribution in [0.15, 0.2) is 30.3 Å². The van der Waals surface area contributed by atoms with Gasteiger partial charge in [-0.3, -0.25) is 9.69 Å². The molecule has 2 atom stereocenters. The Morgan fingerprint density at radius 3 is 2.83 bits per heavy atom. The maximum Gasteiger partial charge on any atom is 0.240 e. The Morgan fingerprint density at radius 2 is 2.13 bits per heavy atom. The summed E-state index contributed by atoms with van der Waals surface area (Å²) < 4.78 is 10.7. The third-order valence-electron chi connectivity index (χ3n) is 4.80. The van der Waals surface area contributed by atoms with Crippen LogP contribution in [0.4, 0.5) is 0 Å². The standard InChI is InChI=1S/C18H24N2O3/c1-19-12-16(23-3)10-17(19)18(21)20-8-7-14(11-20)13-5-4-6-15(9-13)22-2/h4-7,9,16-17H,8,10-12H2,1-3H3/t16-,17-/m0/s1. The number of likely N-dealkylation sites (tertiary alicyclic amines) is 1. The van der Waals surface area contributed by atoms with Gasteiger partial charge in [0.15, 0.2) is 0 Å². The van der Waals surface area contributed by atoms with E-state index in [9.17, 15) is 4.79 Å². The van der Waals surface area contributed by atoms with Gasteiger partial charge in [-0.25, -0.2) is 0 Å². The molecule has 3 rings (SSSR count). The van der Waals surface area contributed by atoms with Crippen LogP contribution in [0, 0.1) is 0 Å². The summed E-state index contributed by atoms with van der Waals surface area (Å²) in [5.41, 5.74) is 2.30. The fourth-order valence-electron chi connectivity index (χ4n) is 3.38. The van der Waals surface area contributed by atoms with E-state index in [4.69, 9.17) is 9.47 Å². The van der Waals surface area contributed by atoms with Gasteiger partial charge in [-0.05, 0) is 36.7 Å². The monoisotopic (exact) mass is 316 g/mol. The van der Waals surface area contributed by atoms with Gasteiger partial charge in [-0.15, -0.1) is 0 Å². The number of carbonyl (C=O) groups is 1. The van der Waals surface area contributed by atoms with Crippen LogP contribution < -0.4 is 4.74 Å². The summed E-state index contributed by atoms with van der Waals surface area (Å²) in [6.45, 7) is 2.15. The number of benzene rings is 1. The van der Waals surface area contributed by atoms with E-state index in [1.807, 2.05) is 30.1 Å². The van der Waals surface area contributed by atoms with E-state index >= 15 is 0 Å². The zero-order valence-electron chi connectivity index (χ0n) is 14.0. The van der Waals surface area contributed by atoms with Crippen LogP contribution in [0.5, 0.6) is 5.75 Å². The van der Waals surface area contributed by atoms with Crippen molar-refractivity contribution in [2.75, 3.05) is 40.9 Å². The molecular formula is C18H24N2O3. The normalized spacial score (nSPS) is 24.8. The van der Waals surface area contributed by atoms with Crippen LogP contribution >= 0.6 is 0 Å². The van der Waals surface area contributed by atoms with Gasteiger partial charge in [0, 0.05) is 26.7 Å². The van der Waals surface area contributed by atoms with Crippen molar-refractivity contribution in [2.24, 2.45) is 0 Å². The molecule has 5 heteroatoms. The molecule has 0 aliphatic carbocycles. The first-order valence-corrected chi connectivity index (χ1v) is 7.97. The Balaban J connectivity index is 1.65. The van der Waals surface area contributed by atoms with E-state index in [0.717, 1.165) is 24.3 Å². The minimum atomic E-state index is -0.0713. The smallest absolute Gasteiger partial charge is 0.240 e. The topological polar surface area (TPSA) is 42.0 Å². The lowest BCUT2D eigenvalue weighted by molar-refractivity contribution is -0.134. The Bertz CT molecular complexity index is 614. The number of nitrogens with zero attached hydrogens (tertiary/aromatic N) is 2. The van der Waals surface area contributed by atoms with E-state index < -0.39 is 0 Å². The van der Waals surface area contributed by atoms with Crippen molar-refractivity contribution in [2.45, 2.75) is 18.6 Å². The van der Waals surface area contributed by atoms with Crippen molar-refractivity contribution < 1.29 is 14.3 Å². The molecule has 0 radical (unpaired) electrons. The highest BCUT2D eigenvalue weighted by molar-refractivity contribution is 5.86. The summed E-state index contributed by atoms with van der Waals surface area (Å²) in [5, 5.41) is 0. The first kappa shape index (κ1) is 16.0. The van der Waals surface area contributed by atoms with Crippen LogP contribution in [-0.4, -0.2) is 68.8 Å². The SMILES string of the molecule is COc1cccc(C2=CCN(C(=O)[C@@H]3C[C@H](OC)CN3C)C2)c1. The molecule has 23 heavy (non-hydrogen) atoms. The van der Waals surface area contributed by atoms with Crippen molar-refractivity contribution in [3.8, 4) is 5.75 Å². The lowest BCUT2D eigenvalue weighted by Crippen LogP contribution is -2.43. The average molecular weight is 316 g/mol. The molecule has 1 saturated heterocycles. The zero-order valence-corrected chi connectivity index (χ0v) is 14.0. The second kappa shape index (κ2) is 6.72. The molecule has 0 spiro atoms. The van der Waals surface area contributed by atoms with Crippen molar-refractivity contribution in [3.05, 3.63) is 35.9 Å². The summed E-state index contributed by atoms with van der Waals surface area (Å²) in [5.74, 6) is 1.04. The lowest BCUT2D eigenvalue weighted by Gasteiger charge is -2.24. The number of likely N-dealkylation sites (N-methyl/N-ethyl adjacent to an activating group) is 1. The van der Waals surface area contributed by atoms with Gasteiger partial charge in [0.25, 0.3) is 0 Å². The maximum absolute atomic E-state index is 12.8. The number of ether oxygens (including phenoxy) is 2. The largest absolute Gasteiger partial charge is 0.497 e. The fraction of sp³-hybridized carbons (Fsp3) is 0.500. The van der Waals surface area contributed by atoms with E-state index in [0.29, 0.717) is 13.1 Å². The van der Waals surface area contributed by atoms with Crippen molar-refractivity contribution in [1.82, 2.24) is 9.80 Å². The van der Waals surface area contributed by atoms with Gasteiger partial charge in [0.2, 0.25) is 5.91 Å². The van der Waals surface area contributed by atoms with Gasteiger partial charge in [-0.2, -0.15) is 0 Å². The van der Waals surface area contributed by atoms with Crippen molar-refractivity contribution >= 4 is 11.5 Å². The summed E-state index contributed by atoms with van der Waals surface area (Å²) in [6, 6.07) is 7.92. The van der Waals surface area contributed by atoms with Gasteiger partial charge in [0.05, 0.1) is 19.3 Å². The van der Waals surface area contributed by atoms with Crippen molar-refractivity contribution in [1.29, 1.82) is 0 Å². The first-order chi connectivity index (χ1) is 11.1. The van der Waals surface area contributed by atoms with E-state index in [1.165, 1.54) is 5.57 Å². The van der Waals surface area contributed by atoms with Gasteiger partial charge < -0.3 is 14.4 Å². The second-order valence-corrected chi connectivity index (χ2v) is 6.23. The van der Waals surface area contributed by atoms with Crippen LogP contribution in [0.1, 0.15) is 12.0 Å². The molecule has 2 aliphatic rings. The molecule has 124 valence electrons. The number of hydrogen-bond acceptors (Lipinski definition) is 4. The van der Waals surface area contributed by atoms with Gasteiger partial charge in [-0.1, -0.05) is 18.2 Å². The molecule has 1 fully saturated rings. The minimum Gasteiger partial charge on any atom is -0.497 e. The van der Waals surface area contributed by atoms with Gasteiger partial charge >= 0.3 is 0 Å². The molecule has 1 aromatic rings. The van der Waals surface area contributed by atoms with Crippen LogP contribution in [0.25, 0.3) is 5.57 Å². The average Bonchev–Trinajstić information content (AvgIpc) is 3.21. The lowest BCUT2D eigenvalue weighted by atomic mass is 10.1. The molecule has 2 heterocycles. The third-order valence-corrected chi connectivity index (χ3v) is 4.80. The number of amides is 1. The Morgan fingerprint density at radius 1 is 1.30 bits per heavy atom. The van der Waals surface area contributed by atoms with Gasteiger partial charge in [0.1, 0.15) is 5.75 Å². The Hall–Kier alpha value is -1.85. The first-order valence-electron chi connectivity index (χ1n) is 7.97. The minimum absolute atomic E-state index is 0.0713. The molecule has 0 N–H and O–H groups in total. The molecule has 0 bridgehead atoms. The van der Waals surface area contributed by atoms with Crippen LogP contribution in [-0.2, 0) is 9.53 Å². The van der Waals surface area contributed by atoms with E-state index in [1.54, 1.807) is 14.2 Å². The summed E-state index contributed by atoms with van der Waals surface area (Å²) >= 11 is 0. The van der Waals surface area contributed by atoms with Crippen molar-refractivity contribution in [3.63, 3.8) is 0 Å². The van der Waals surface area contributed by atoms with Crippen LogP contribution in [0.2, 0.25) is 0 Å². The summed E-state index contributed by atoms with van der Waals surface area (Å²) in [7, 11) is 5.37. The highest BCUT2D eigenvalue weighted by atomic mass is 16.5. The predicted octanol–water partition coefficient (Wildman–Crippen LogP) is 1.64. The molecule has 2 aliphatic heterocycles. The quantitative estimate of drug-likeness (QED) is 0.847. The second-order valence-electron chi connectivity index (χ2n) is 6.23. The Kier molecular flexibility index (Phi) is 4.68.